The Morgan fingerprint density at radius 1 is 0.968 bits per heavy atom. The van der Waals surface area contributed by atoms with E-state index in [2.05, 4.69) is 20.2 Å². The first-order valence-electron chi connectivity index (χ1n) is 10.6. The number of amides is 1. The maximum atomic E-state index is 12.4. The van der Waals surface area contributed by atoms with Crippen molar-refractivity contribution < 1.29 is 9.53 Å². The summed E-state index contributed by atoms with van der Waals surface area (Å²) in [6, 6.07) is 14.7. The molecule has 0 saturated carbocycles. The lowest BCUT2D eigenvalue weighted by Crippen LogP contribution is -2.30. The van der Waals surface area contributed by atoms with Crippen molar-refractivity contribution in [2.24, 2.45) is 0 Å². The Hall–Kier alpha value is -3.12. The number of nitrogens with zero attached hydrogens (tertiary/aromatic N) is 3. The molecule has 2 aromatic carbocycles. The van der Waals surface area contributed by atoms with Crippen LogP contribution in [0.1, 0.15) is 35.2 Å². The molecule has 1 aliphatic heterocycles. The molecule has 0 unspecified atom stereocenters. The molecule has 0 bridgehead atoms. The maximum absolute atomic E-state index is 12.4. The van der Waals surface area contributed by atoms with Crippen molar-refractivity contribution in [1.29, 1.82) is 0 Å². The quantitative estimate of drug-likeness (QED) is 0.571. The molecular weight excluding hydrogens is 412 g/mol. The second-order valence-electron chi connectivity index (χ2n) is 7.49. The molecule has 0 atom stereocenters. The second kappa shape index (κ2) is 10.3. The molecule has 1 amide bonds. The normalized spacial score (nSPS) is 13.6. The third-order valence-electron chi connectivity index (χ3n) is 5.25. The van der Waals surface area contributed by atoms with Gasteiger partial charge in [-0.15, -0.1) is 0 Å². The van der Waals surface area contributed by atoms with Gasteiger partial charge < -0.3 is 15.0 Å². The van der Waals surface area contributed by atoms with Gasteiger partial charge in [-0.25, -0.2) is 9.97 Å². The Balaban J connectivity index is 1.34. The zero-order chi connectivity index (χ0) is 21.5. The minimum atomic E-state index is -0.117. The highest BCUT2D eigenvalue weighted by atomic mass is 35.5. The fourth-order valence-electron chi connectivity index (χ4n) is 3.57. The molecule has 7 heteroatoms. The first-order valence-corrected chi connectivity index (χ1v) is 10.9. The van der Waals surface area contributed by atoms with Crippen LogP contribution in [-0.2, 0) is 6.42 Å². The molecule has 1 N–H and O–H groups in total. The largest absolute Gasteiger partial charge is 0.436 e. The van der Waals surface area contributed by atoms with Crippen molar-refractivity contribution >= 4 is 23.3 Å². The lowest BCUT2D eigenvalue weighted by Gasteiger charge is -2.28. The number of aromatic nitrogens is 2. The number of anilines is 1. The molecule has 2 heterocycles. The van der Waals surface area contributed by atoms with E-state index >= 15 is 0 Å². The lowest BCUT2D eigenvalue weighted by atomic mass is 10.1. The van der Waals surface area contributed by atoms with Crippen LogP contribution >= 0.6 is 11.6 Å². The monoisotopic (exact) mass is 436 g/mol. The minimum Gasteiger partial charge on any atom is -0.436 e. The molecule has 160 valence electrons. The minimum absolute atomic E-state index is 0.117. The van der Waals surface area contributed by atoms with Gasteiger partial charge in [-0.3, -0.25) is 4.79 Å². The van der Waals surface area contributed by atoms with Crippen molar-refractivity contribution in [3.8, 4) is 11.6 Å². The summed E-state index contributed by atoms with van der Waals surface area (Å²) < 4.78 is 5.99. The SMILES string of the molecule is O=C(NCCc1ccc(Cl)cc1)c1ccc(Oc2nccnc2N2CCCCC2)cc1. The highest BCUT2D eigenvalue weighted by molar-refractivity contribution is 6.30. The van der Waals surface area contributed by atoms with Gasteiger partial charge in [0.05, 0.1) is 0 Å². The Bertz CT molecular complexity index is 1000. The van der Waals surface area contributed by atoms with E-state index in [1.807, 2.05) is 24.3 Å². The van der Waals surface area contributed by atoms with Crippen LogP contribution < -0.4 is 15.0 Å². The molecule has 1 saturated heterocycles. The fraction of sp³-hybridized carbons (Fsp3) is 0.292. The Kier molecular flexibility index (Phi) is 6.99. The van der Waals surface area contributed by atoms with Crippen LogP contribution in [-0.4, -0.2) is 35.5 Å². The van der Waals surface area contributed by atoms with Crippen molar-refractivity contribution in [3.63, 3.8) is 0 Å². The highest BCUT2D eigenvalue weighted by Crippen LogP contribution is 2.29. The first kappa shape index (κ1) is 21.1. The van der Waals surface area contributed by atoms with Gasteiger partial charge >= 0.3 is 0 Å². The van der Waals surface area contributed by atoms with Gasteiger partial charge in [-0.05, 0) is 67.6 Å². The van der Waals surface area contributed by atoms with Crippen LogP contribution in [0.5, 0.6) is 11.6 Å². The first-order chi connectivity index (χ1) is 15.2. The van der Waals surface area contributed by atoms with Gasteiger partial charge in [-0.1, -0.05) is 23.7 Å². The van der Waals surface area contributed by atoms with E-state index in [0.717, 1.165) is 43.7 Å². The molecule has 0 radical (unpaired) electrons. The molecule has 3 aromatic rings. The molecule has 31 heavy (non-hydrogen) atoms. The number of piperidine rings is 1. The van der Waals surface area contributed by atoms with Crippen LogP contribution in [0.15, 0.2) is 60.9 Å². The summed E-state index contributed by atoms with van der Waals surface area (Å²) in [7, 11) is 0. The van der Waals surface area contributed by atoms with E-state index in [4.69, 9.17) is 16.3 Å². The van der Waals surface area contributed by atoms with Gasteiger partial charge in [-0.2, -0.15) is 0 Å². The van der Waals surface area contributed by atoms with E-state index in [1.54, 1.807) is 36.7 Å². The van der Waals surface area contributed by atoms with Crippen LogP contribution in [0.4, 0.5) is 5.82 Å². The number of carbonyl (C=O) groups excluding carboxylic acids is 1. The number of benzene rings is 2. The third kappa shape index (κ3) is 5.73. The van der Waals surface area contributed by atoms with Crippen LogP contribution in [0.3, 0.4) is 0 Å². The molecule has 4 rings (SSSR count). The molecular formula is C24H25ClN4O2. The molecule has 1 aliphatic rings. The van der Waals surface area contributed by atoms with Gasteiger partial charge in [0, 0.05) is 42.6 Å². The van der Waals surface area contributed by atoms with Crippen LogP contribution in [0.25, 0.3) is 0 Å². The molecule has 0 spiro atoms. The molecule has 1 fully saturated rings. The van der Waals surface area contributed by atoms with Gasteiger partial charge in [0.2, 0.25) is 0 Å². The summed E-state index contributed by atoms with van der Waals surface area (Å²) in [5.41, 5.74) is 1.71. The number of ether oxygens (including phenoxy) is 1. The fourth-order valence-corrected chi connectivity index (χ4v) is 3.70. The second-order valence-corrected chi connectivity index (χ2v) is 7.93. The average Bonchev–Trinajstić information content (AvgIpc) is 2.82. The van der Waals surface area contributed by atoms with E-state index < -0.39 is 0 Å². The van der Waals surface area contributed by atoms with Crippen molar-refractivity contribution in [2.45, 2.75) is 25.7 Å². The van der Waals surface area contributed by atoms with E-state index in [1.165, 1.54) is 6.42 Å². The summed E-state index contributed by atoms with van der Waals surface area (Å²) in [6.07, 6.45) is 7.61. The summed E-state index contributed by atoms with van der Waals surface area (Å²) in [5.74, 6) is 1.77. The van der Waals surface area contributed by atoms with Crippen molar-refractivity contribution in [1.82, 2.24) is 15.3 Å². The van der Waals surface area contributed by atoms with Crippen LogP contribution in [0.2, 0.25) is 5.02 Å². The number of hydrogen-bond donors (Lipinski definition) is 1. The molecule has 6 nitrogen and oxygen atoms in total. The lowest BCUT2D eigenvalue weighted by molar-refractivity contribution is 0.0954. The summed E-state index contributed by atoms with van der Waals surface area (Å²) in [6.45, 7) is 2.48. The number of carbonyl (C=O) groups is 1. The van der Waals surface area contributed by atoms with Crippen molar-refractivity contribution in [3.05, 3.63) is 77.1 Å². The Morgan fingerprint density at radius 3 is 2.42 bits per heavy atom. The van der Waals surface area contributed by atoms with Gasteiger partial charge in [0.15, 0.2) is 5.82 Å². The highest BCUT2D eigenvalue weighted by Gasteiger charge is 2.18. The van der Waals surface area contributed by atoms with Crippen LogP contribution in [0, 0.1) is 0 Å². The smallest absolute Gasteiger partial charge is 0.263 e. The van der Waals surface area contributed by atoms with E-state index in [0.29, 0.717) is 28.8 Å². The maximum Gasteiger partial charge on any atom is 0.263 e. The molecule has 1 aromatic heterocycles. The Morgan fingerprint density at radius 2 is 1.68 bits per heavy atom. The topological polar surface area (TPSA) is 67.3 Å². The number of nitrogens with one attached hydrogen (secondary N) is 1. The molecule has 0 aliphatic carbocycles. The standard InChI is InChI=1S/C24H25ClN4O2/c25-20-8-4-18(5-9-20)12-13-27-23(30)19-6-10-21(11-7-19)31-24-22(26-14-15-28-24)29-16-2-1-3-17-29/h4-11,14-15H,1-3,12-13,16-17H2,(H,27,30). The van der Waals surface area contributed by atoms with Gasteiger partial charge in [0.1, 0.15) is 5.75 Å². The number of hydrogen-bond acceptors (Lipinski definition) is 5. The summed E-state index contributed by atoms with van der Waals surface area (Å²) >= 11 is 5.90. The predicted octanol–water partition coefficient (Wildman–Crippen LogP) is 4.89. The van der Waals surface area contributed by atoms with Gasteiger partial charge in [0.25, 0.3) is 11.8 Å². The predicted molar refractivity (Wildman–Crippen MR) is 122 cm³/mol. The summed E-state index contributed by atoms with van der Waals surface area (Å²) in [4.78, 5) is 23.5. The van der Waals surface area contributed by atoms with Crippen molar-refractivity contribution in [2.75, 3.05) is 24.5 Å². The Labute approximate surface area is 187 Å². The van der Waals surface area contributed by atoms with E-state index in [-0.39, 0.29) is 5.91 Å². The number of halogens is 1. The zero-order valence-corrected chi connectivity index (χ0v) is 18.0. The average molecular weight is 437 g/mol. The number of rotatable bonds is 7. The van der Waals surface area contributed by atoms with E-state index in [9.17, 15) is 4.79 Å². The zero-order valence-electron chi connectivity index (χ0n) is 17.3. The third-order valence-corrected chi connectivity index (χ3v) is 5.50. The summed E-state index contributed by atoms with van der Waals surface area (Å²) in [5, 5.41) is 3.65.